The lowest BCUT2D eigenvalue weighted by Crippen LogP contribution is -2.16. The monoisotopic (exact) mass is 361 g/mol. The molecule has 0 fully saturated rings. The van der Waals surface area contributed by atoms with E-state index in [-0.39, 0.29) is 15.8 Å². The molecule has 7 heteroatoms. The summed E-state index contributed by atoms with van der Waals surface area (Å²) in [5.74, 6) is 0.143. The largest absolute Gasteiger partial charge is 0.417 e. The Morgan fingerprint density at radius 2 is 1.67 bits per heavy atom. The van der Waals surface area contributed by atoms with E-state index in [0.717, 1.165) is 4.90 Å². The summed E-state index contributed by atoms with van der Waals surface area (Å²) in [4.78, 5) is 12.9. The summed E-state index contributed by atoms with van der Waals surface area (Å²) in [7, 11) is 0. The van der Waals surface area contributed by atoms with Crippen molar-refractivity contribution in [3.63, 3.8) is 0 Å². The van der Waals surface area contributed by atoms with Gasteiger partial charge in [0.2, 0.25) is 0 Å². The average Bonchev–Trinajstić information content (AvgIpc) is 2.45. The van der Waals surface area contributed by atoms with Crippen LogP contribution in [0.4, 0.5) is 10.5 Å². The molecule has 1 N–H and O–H groups in total. The van der Waals surface area contributed by atoms with Crippen LogP contribution in [-0.2, 0) is 0 Å². The molecule has 0 saturated heterocycles. The molecule has 0 spiro atoms. The number of hydrogen-bond donors (Lipinski definition) is 1. The number of amides is 1. The van der Waals surface area contributed by atoms with Crippen molar-refractivity contribution in [2.24, 2.45) is 0 Å². The third-order valence-electron chi connectivity index (χ3n) is 2.51. The number of carbonyl (C=O) groups is 1. The van der Waals surface area contributed by atoms with Crippen LogP contribution < -0.4 is 10.1 Å². The van der Waals surface area contributed by atoms with Crippen molar-refractivity contribution in [2.75, 3.05) is 11.6 Å². The second kappa shape index (κ2) is 7.27. The molecule has 2 aromatic carbocycles. The van der Waals surface area contributed by atoms with Gasteiger partial charge in [-0.15, -0.1) is 11.8 Å². The van der Waals surface area contributed by atoms with Crippen molar-refractivity contribution in [1.82, 2.24) is 0 Å². The van der Waals surface area contributed by atoms with Gasteiger partial charge in [0.25, 0.3) is 0 Å². The summed E-state index contributed by atoms with van der Waals surface area (Å²) in [5, 5.41) is 3.35. The van der Waals surface area contributed by atoms with Crippen LogP contribution in [0.25, 0.3) is 0 Å². The van der Waals surface area contributed by atoms with E-state index in [0.29, 0.717) is 10.7 Å². The van der Waals surface area contributed by atoms with Crippen LogP contribution in [0.1, 0.15) is 0 Å². The third-order valence-corrected chi connectivity index (χ3v) is 4.27. The Balaban J connectivity index is 2.06. The molecule has 2 rings (SSSR count). The van der Waals surface area contributed by atoms with Gasteiger partial charge in [-0.25, -0.2) is 4.79 Å². The Morgan fingerprint density at radius 3 is 2.29 bits per heavy atom. The highest BCUT2D eigenvalue weighted by Crippen LogP contribution is 2.34. The summed E-state index contributed by atoms with van der Waals surface area (Å²) in [6, 6.07) is 10.2. The molecule has 1 amide bonds. The minimum atomic E-state index is -0.660. The number of hydrogen-bond acceptors (Lipinski definition) is 3. The fourth-order valence-corrected chi connectivity index (χ4v) is 2.48. The quantitative estimate of drug-likeness (QED) is 0.539. The fourth-order valence-electron chi connectivity index (χ4n) is 1.50. The standard InChI is InChI=1S/C14H10Cl3NO2S/c1-21-9-4-2-8(3-5-9)18-14(19)20-13-7-11(16)10(15)6-12(13)17/h2-7H,1H3,(H,18,19). The maximum Gasteiger partial charge on any atom is 0.417 e. The SMILES string of the molecule is CSc1ccc(NC(=O)Oc2cc(Cl)c(Cl)cc2Cl)cc1. The van der Waals surface area contributed by atoms with Crippen molar-refractivity contribution < 1.29 is 9.53 Å². The average molecular weight is 363 g/mol. The van der Waals surface area contributed by atoms with Crippen LogP contribution in [0, 0.1) is 0 Å². The molecule has 0 aliphatic carbocycles. The Morgan fingerprint density at radius 1 is 1.05 bits per heavy atom. The number of anilines is 1. The van der Waals surface area contributed by atoms with E-state index >= 15 is 0 Å². The first-order valence-corrected chi connectivity index (χ1v) is 8.13. The van der Waals surface area contributed by atoms with E-state index in [1.54, 1.807) is 23.9 Å². The highest BCUT2D eigenvalue weighted by molar-refractivity contribution is 7.98. The van der Waals surface area contributed by atoms with Crippen molar-refractivity contribution in [1.29, 1.82) is 0 Å². The van der Waals surface area contributed by atoms with Gasteiger partial charge in [0, 0.05) is 16.6 Å². The topological polar surface area (TPSA) is 38.3 Å². The van der Waals surface area contributed by atoms with Crippen LogP contribution in [0.5, 0.6) is 5.75 Å². The molecule has 0 radical (unpaired) electrons. The van der Waals surface area contributed by atoms with Gasteiger partial charge in [0.1, 0.15) is 0 Å². The molecular weight excluding hydrogens is 353 g/mol. The molecular formula is C14H10Cl3NO2S. The third kappa shape index (κ3) is 4.45. The molecule has 3 nitrogen and oxygen atoms in total. The zero-order chi connectivity index (χ0) is 15.4. The normalized spacial score (nSPS) is 10.3. The maximum absolute atomic E-state index is 11.8. The molecule has 0 unspecified atom stereocenters. The van der Waals surface area contributed by atoms with Crippen molar-refractivity contribution >= 4 is 58.3 Å². The fraction of sp³-hybridized carbons (Fsp3) is 0.0714. The highest BCUT2D eigenvalue weighted by Gasteiger charge is 2.11. The van der Waals surface area contributed by atoms with Gasteiger partial charge in [-0.2, -0.15) is 0 Å². The lowest BCUT2D eigenvalue weighted by atomic mass is 10.3. The van der Waals surface area contributed by atoms with Gasteiger partial charge in [-0.05, 0) is 36.6 Å². The first-order valence-electron chi connectivity index (χ1n) is 5.77. The number of ether oxygens (including phenoxy) is 1. The minimum Gasteiger partial charge on any atom is -0.408 e. The Kier molecular flexibility index (Phi) is 5.65. The Bertz CT molecular complexity index is 662. The number of nitrogens with one attached hydrogen (secondary N) is 1. The molecule has 0 atom stereocenters. The van der Waals surface area contributed by atoms with Gasteiger partial charge >= 0.3 is 6.09 Å². The van der Waals surface area contributed by atoms with E-state index in [2.05, 4.69) is 5.32 Å². The minimum absolute atomic E-state index is 0.143. The predicted molar refractivity (Wildman–Crippen MR) is 89.3 cm³/mol. The first kappa shape index (κ1) is 16.3. The molecule has 0 aromatic heterocycles. The van der Waals surface area contributed by atoms with Crippen molar-refractivity contribution in [3.05, 3.63) is 51.5 Å². The number of rotatable bonds is 3. The van der Waals surface area contributed by atoms with Crippen molar-refractivity contribution in [3.8, 4) is 5.75 Å². The zero-order valence-corrected chi connectivity index (χ0v) is 13.9. The summed E-state index contributed by atoms with van der Waals surface area (Å²) in [6.07, 6.45) is 1.32. The van der Waals surface area contributed by atoms with Crippen LogP contribution in [-0.4, -0.2) is 12.3 Å². The summed E-state index contributed by atoms with van der Waals surface area (Å²) < 4.78 is 5.11. The molecule has 0 aliphatic rings. The van der Waals surface area contributed by atoms with Crippen LogP contribution in [0.15, 0.2) is 41.3 Å². The zero-order valence-electron chi connectivity index (χ0n) is 10.8. The lowest BCUT2D eigenvalue weighted by Gasteiger charge is -2.09. The van der Waals surface area contributed by atoms with E-state index in [1.165, 1.54) is 12.1 Å². The van der Waals surface area contributed by atoms with Crippen LogP contribution in [0.2, 0.25) is 15.1 Å². The van der Waals surface area contributed by atoms with Gasteiger partial charge in [-0.3, -0.25) is 5.32 Å². The van der Waals surface area contributed by atoms with Gasteiger partial charge in [0.05, 0.1) is 15.1 Å². The van der Waals surface area contributed by atoms with E-state index in [4.69, 9.17) is 39.5 Å². The molecule has 0 bridgehead atoms. The number of halogens is 3. The van der Waals surface area contributed by atoms with Gasteiger partial charge in [-0.1, -0.05) is 34.8 Å². The van der Waals surface area contributed by atoms with Gasteiger partial charge in [0.15, 0.2) is 5.75 Å². The van der Waals surface area contributed by atoms with Crippen LogP contribution in [0.3, 0.4) is 0 Å². The summed E-state index contributed by atoms with van der Waals surface area (Å²) >= 11 is 19.2. The number of benzene rings is 2. The highest BCUT2D eigenvalue weighted by atomic mass is 35.5. The molecule has 0 saturated carbocycles. The molecule has 110 valence electrons. The molecule has 0 aliphatic heterocycles. The van der Waals surface area contributed by atoms with E-state index in [1.807, 2.05) is 18.4 Å². The molecule has 0 heterocycles. The van der Waals surface area contributed by atoms with Crippen LogP contribution >= 0.6 is 46.6 Å². The molecule has 2 aromatic rings. The molecule has 21 heavy (non-hydrogen) atoms. The van der Waals surface area contributed by atoms with E-state index in [9.17, 15) is 4.79 Å². The second-order valence-corrected chi connectivity index (χ2v) is 6.04. The van der Waals surface area contributed by atoms with E-state index < -0.39 is 6.09 Å². The first-order chi connectivity index (χ1) is 9.99. The lowest BCUT2D eigenvalue weighted by molar-refractivity contribution is 0.215. The number of carbonyl (C=O) groups excluding carboxylic acids is 1. The Labute approximate surface area is 141 Å². The van der Waals surface area contributed by atoms with Crippen molar-refractivity contribution in [2.45, 2.75) is 4.90 Å². The number of thioether (sulfide) groups is 1. The smallest absolute Gasteiger partial charge is 0.408 e. The summed E-state index contributed by atoms with van der Waals surface area (Å²) in [5.41, 5.74) is 0.619. The second-order valence-electron chi connectivity index (χ2n) is 3.94. The Hall–Kier alpha value is -1.07. The predicted octanol–water partition coefficient (Wildman–Crippen LogP) is 5.98. The maximum atomic E-state index is 11.8. The van der Waals surface area contributed by atoms with Gasteiger partial charge < -0.3 is 4.74 Å². The summed E-state index contributed by atoms with van der Waals surface area (Å²) in [6.45, 7) is 0.